The minimum Gasteiger partial charge on any atom is -0.489 e. The van der Waals surface area contributed by atoms with Gasteiger partial charge >= 0.3 is 0 Å². The summed E-state index contributed by atoms with van der Waals surface area (Å²) >= 11 is 12.4. The molecule has 2 aromatic rings. The molecule has 9 heteroatoms. The molecule has 0 radical (unpaired) electrons. The van der Waals surface area contributed by atoms with Gasteiger partial charge in [0.15, 0.2) is 0 Å². The molecule has 0 bridgehead atoms. The van der Waals surface area contributed by atoms with Crippen molar-refractivity contribution in [1.29, 1.82) is 0 Å². The van der Waals surface area contributed by atoms with Crippen molar-refractivity contribution in [1.82, 2.24) is 15.2 Å². The fourth-order valence-corrected chi connectivity index (χ4v) is 5.25. The van der Waals surface area contributed by atoms with Crippen LogP contribution in [0.5, 0.6) is 5.75 Å². The molecule has 1 aromatic heterocycles. The highest BCUT2D eigenvalue weighted by Gasteiger charge is 2.33. The van der Waals surface area contributed by atoms with E-state index in [0.717, 1.165) is 57.6 Å². The third-order valence-electron chi connectivity index (χ3n) is 7.07. The van der Waals surface area contributed by atoms with E-state index in [2.05, 4.69) is 20.1 Å². The molecule has 3 fully saturated rings. The number of ether oxygens (including phenoxy) is 1. The van der Waals surface area contributed by atoms with Crippen LogP contribution in [0.2, 0.25) is 10.0 Å². The fraction of sp³-hybridized carbons (Fsp3) is 0.538. The van der Waals surface area contributed by atoms with Crippen molar-refractivity contribution >= 4 is 34.9 Å². The number of halogens is 2. The van der Waals surface area contributed by atoms with E-state index >= 15 is 0 Å². The number of hydrogen-bond donors (Lipinski definition) is 2. The van der Waals surface area contributed by atoms with Gasteiger partial charge in [-0.1, -0.05) is 29.3 Å². The first-order valence-electron chi connectivity index (χ1n) is 12.5. The first-order valence-corrected chi connectivity index (χ1v) is 13.3. The molecule has 1 aromatic carbocycles. The molecule has 0 spiro atoms. The van der Waals surface area contributed by atoms with Crippen molar-refractivity contribution < 1.29 is 14.6 Å². The summed E-state index contributed by atoms with van der Waals surface area (Å²) in [4.78, 5) is 22.1. The molecule has 2 saturated heterocycles. The lowest BCUT2D eigenvalue weighted by atomic mass is 10.00. The standard InChI is InChI=1S/C26H32Cl2N4O3/c27-19-4-8-24(29-14-19)32-12-9-18(15-32)26(34)30-22(16-31-10-1-2-11-31)25(33)17-3-7-23(21(28)13-17)35-20-5-6-20/h3-4,7-8,13-14,18,20,22,25,33H,1-2,5-6,9-12,15-16H2,(H,30,34)/t18-,22-,25-/m1/s1. The monoisotopic (exact) mass is 518 g/mol. The lowest BCUT2D eigenvalue weighted by Crippen LogP contribution is -2.48. The molecule has 5 rings (SSSR count). The summed E-state index contributed by atoms with van der Waals surface area (Å²) < 4.78 is 5.84. The molecule has 1 amide bonds. The summed E-state index contributed by atoms with van der Waals surface area (Å²) in [5.41, 5.74) is 0.682. The molecule has 3 atom stereocenters. The van der Waals surface area contributed by atoms with Crippen molar-refractivity contribution in [2.75, 3.05) is 37.6 Å². The molecule has 35 heavy (non-hydrogen) atoms. The average Bonchev–Trinajstić information content (AvgIpc) is 3.30. The summed E-state index contributed by atoms with van der Waals surface area (Å²) in [6.07, 6.45) is 6.12. The quantitative estimate of drug-likeness (QED) is 0.520. The maximum Gasteiger partial charge on any atom is 0.225 e. The minimum absolute atomic E-state index is 0.0375. The van der Waals surface area contributed by atoms with Crippen LogP contribution in [0.3, 0.4) is 0 Å². The van der Waals surface area contributed by atoms with Gasteiger partial charge < -0.3 is 25.0 Å². The van der Waals surface area contributed by atoms with Crippen molar-refractivity contribution in [3.05, 3.63) is 52.1 Å². The number of aliphatic hydroxyl groups is 1. The van der Waals surface area contributed by atoms with Crippen LogP contribution in [0, 0.1) is 5.92 Å². The smallest absolute Gasteiger partial charge is 0.225 e. The van der Waals surface area contributed by atoms with Crippen LogP contribution in [0.4, 0.5) is 5.82 Å². The Morgan fingerprint density at radius 2 is 1.94 bits per heavy atom. The number of aliphatic hydroxyl groups excluding tert-OH is 1. The Hall–Kier alpha value is -2.06. The summed E-state index contributed by atoms with van der Waals surface area (Å²) in [6.45, 7) is 3.90. The highest BCUT2D eigenvalue weighted by atomic mass is 35.5. The van der Waals surface area contributed by atoms with Crippen LogP contribution in [-0.4, -0.2) is 65.8 Å². The second-order valence-electron chi connectivity index (χ2n) is 9.84. The molecule has 3 aliphatic rings. The van der Waals surface area contributed by atoms with Gasteiger partial charge in [-0.3, -0.25) is 4.79 Å². The Morgan fingerprint density at radius 1 is 1.14 bits per heavy atom. The number of amides is 1. The van der Waals surface area contributed by atoms with Gasteiger partial charge in [0, 0.05) is 25.8 Å². The number of aromatic nitrogens is 1. The predicted octanol–water partition coefficient (Wildman–Crippen LogP) is 4.07. The van der Waals surface area contributed by atoms with Gasteiger partial charge in [-0.25, -0.2) is 4.98 Å². The number of nitrogens with zero attached hydrogens (tertiary/aromatic N) is 3. The van der Waals surface area contributed by atoms with Crippen molar-refractivity contribution in [3.63, 3.8) is 0 Å². The van der Waals surface area contributed by atoms with Crippen LogP contribution < -0.4 is 15.0 Å². The van der Waals surface area contributed by atoms with Gasteiger partial charge in [0.1, 0.15) is 17.7 Å². The third-order valence-corrected chi connectivity index (χ3v) is 7.59. The van der Waals surface area contributed by atoms with E-state index in [1.807, 2.05) is 24.3 Å². The van der Waals surface area contributed by atoms with Crippen LogP contribution >= 0.6 is 23.2 Å². The van der Waals surface area contributed by atoms with Crippen molar-refractivity contribution in [2.24, 2.45) is 5.92 Å². The van der Waals surface area contributed by atoms with Crippen LogP contribution in [0.15, 0.2) is 36.5 Å². The molecule has 7 nitrogen and oxygen atoms in total. The Balaban J connectivity index is 1.26. The number of pyridine rings is 1. The zero-order chi connectivity index (χ0) is 24.4. The Labute approximate surface area is 216 Å². The van der Waals surface area contributed by atoms with E-state index < -0.39 is 12.1 Å². The van der Waals surface area contributed by atoms with E-state index in [9.17, 15) is 9.90 Å². The van der Waals surface area contributed by atoms with E-state index in [4.69, 9.17) is 27.9 Å². The molecule has 1 aliphatic carbocycles. The van der Waals surface area contributed by atoms with Gasteiger partial charge in [0.25, 0.3) is 0 Å². The van der Waals surface area contributed by atoms with Crippen LogP contribution in [0.25, 0.3) is 0 Å². The minimum atomic E-state index is -0.873. The van der Waals surface area contributed by atoms with E-state index in [1.165, 1.54) is 0 Å². The highest BCUT2D eigenvalue weighted by molar-refractivity contribution is 6.32. The van der Waals surface area contributed by atoms with Crippen molar-refractivity contribution in [2.45, 2.75) is 50.4 Å². The number of carbonyl (C=O) groups is 1. The second-order valence-corrected chi connectivity index (χ2v) is 10.7. The largest absolute Gasteiger partial charge is 0.489 e. The van der Waals surface area contributed by atoms with Gasteiger partial charge in [-0.15, -0.1) is 0 Å². The second kappa shape index (κ2) is 10.9. The first-order chi connectivity index (χ1) is 17.0. The number of hydrogen-bond acceptors (Lipinski definition) is 6. The predicted molar refractivity (Wildman–Crippen MR) is 137 cm³/mol. The lowest BCUT2D eigenvalue weighted by Gasteiger charge is -2.30. The van der Waals surface area contributed by atoms with E-state index in [-0.39, 0.29) is 17.9 Å². The number of benzene rings is 1. The molecule has 2 aliphatic heterocycles. The zero-order valence-corrected chi connectivity index (χ0v) is 21.2. The highest BCUT2D eigenvalue weighted by Crippen LogP contribution is 2.34. The summed E-state index contributed by atoms with van der Waals surface area (Å²) in [6, 6.07) is 8.68. The molecule has 3 heterocycles. The van der Waals surface area contributed by atoms with Gasteiger partial charge in [0.05, 0.1) is 28.1 Å². The Kier molecular flexibility index (Phi) is 7.68. The number of carbonyl (C=O) groups excluding carboxylic acids is 1. The Morgan fingerprint density at radius 3 is 2.63 bits per heavy atom. The number of rotatable bonds is 9. The molecular formula is C26H32Cl2N4O3. The van der Waals surface area contributed by atoms with Gasteiger partial charge in [0.2, 0.25) is 5.91 Å². The average molecular weight is 519 g/mol. The first kappa shape index (κ1) is 24.6. The summed E-state index contributed by atoms with van der Waals surface area (Å²) in [7, 11) is 0. The summed E-state index contributed by atoms with van der Waals surface area (Å²) in [5, 5.41) is 15.6. The number of likely N-dealkylation sites (tertiary alicyclic amines) is 1. The van der Waals surface area contributed by atoms with E-state index in [0.29, 0.717) is 34.4 Å². The molecule has 0 unspecified atom stereocenters. The topological polar surface area (TPSA) is 77.9 Å². The molecule has 1 saturated carbocycles. The maximum absolute atomic E-state index is 13.3. The Bertz CT molecular complexity index is 1030. The van der Waals surface area contributed by atoms with E-state index in [1.54, 1.807) is 12.3 Å². The normalized spacial score (nSPS) is 22.3. The van der Waals surface area contributed by atoms with Crippen LogP contribution in [0.1, 0.15) is 43.8 Å². The molecular weight excluding hydrogens is 487 g/mol. The van der Waals surface area contributed by atoms with Crippen molar-refractivity contribution in [3.8, 4) is 5.75 Å². The number of anilines is 1. The SMILES string of the molecule is O=C(N[C@H](CN1CCCC1)[C@H](O)c1ccc(OC2CC2)c(Cl)c1)[C@@H]1CCN(c2ccc(Cl)cn2)C1. The van der Waals surface area contributed by atoms with Gasteiger partial charge in [-0.2, -0.15) is 0 Å². The molecule has 188 valence electrons. The van der Waals surface area contributed by atoms with Gasteiger partial charge in [-0.05, 0) is 75.0 Å². The third kappa shape index (κ3) is 6.20. The summed E-state index contributed by atoms with van der Waals surface area (Å²) in [5.74, 6) is 1.26. The maximum atomic E-state index is 13.3. The zero-order valence-electron chi connectivity index (χ0n) is 19.7. The lowest BCUT2D eigenvalue weighted by molar-refractivity contribution is -0.126. The number of nitrogens with one attached hydrogen (secondary N) is 1. The fourth-order valence-electron chi connectivity index (χ4n) is 4.90. The molecule has 2 N–H and O–H groups in total. The van der Waals surface area contributed by atoms with Crippen LogP contribution in [-0.2, 0) is 4.79 Å².